The minimum absolute atomic E-state index is 0.0955. The Labute approximate surface area is 115 Å². The maximum atomic E-state index is 13.8. The monoisotopic (exact) mass is 282 g/mol. The number of rotatable bonds is 3. The van der Waals surface area contributed by atoms with Crippen LogP contribution in [0.1, 0.15) is 17.5 Å². The quantitative estimate of drug-likeness (QED) is 0.670. The minimum atomic E-state index is -4.26. The highest BCUT2D eigenvalue weighted by Gasteiger charge is 2.27. The molecule has 2 rings (SSSR count). The lowest BCUT2D eigenvalue weighted by Gasteiger charge is -2.09. The largest absolute Gasteiger partial charge is 0.389 e. The van der Waals surface area contributed by atoms with Gasteiger partial charge >= 0.3 is 6.18 Å². The minimum Gasteiger partial charge on any atom is -0.207 e. The molecule has 0 aliphatic carbocycles. The standard InChI is InChI=1S/C16H14F4/c1-11-2-4-12(5-3-11)14-7-6-13(15(17)10-14)8-9-16(18,19)20/h2-7,10H,8-9H2,1H3. The van der Waals surface area contributed by atoms with E-state index in [9.17, 15) is 17.6 Å². The molecule has 0 nitrogen and oxygen atoms in total. The van der Waals surface area contributed by atoms with Gasteiger partial charge in [-0.1, -0.05) is 42.0 Å². The van der Waals surface area contributed by atoms with E-state index in [0.29, 0.717) is 5.56 Å². The van der Waals surface area contributed by atoms with E-state index in [4.69, 9.17) is 0 Å². The molecule has 0 aliphatic heterocycles. The molecule has 0 amide bonds. The SMILES string of the molecule is Cc1ccc(-c2ccc(CCC(F)(F)F)c(F)c2)cc1. The second-order valence-electron chi connectivity index (χ2n) is 4.79. The summed E-state index contributed by atoms with van der Waals surface area (Å²) in [5, 5.41) is 0. The van der Waals surface area contributed by atoms with E-state index >= 15 is 0 Å². The number of aryl methyl sites for hydroxylation is 2. The highest BCUT2D eigenvalue weighted by Crippen LogP contribution is 2.26. The van der Waals surface area contributed by atoms with Crippen LogP contribution in [0, 0.1) is 12.7 Å². The lowest BCUT2D eigenvalue weighted by Crippen LogP contribution is -2.09. The first-order valence-corrected chi connectivity index (χ1v) is 6.27. The van der Waals surface area contributed by atoms with E-state index in [2.05, 4.69) is 0 Å². The molecule has 0 atom stereocenters. The summed E-state index contributed by atoms with van der Waals surface area (Å²) in [5.41, 5.74) is 2.70. The summed E-state index contributed by atoms with van der Waals surface area (Å²) in [7, 11) is 0. The van der Waals surface area contributed by atoms with E-state index in [1.54, 1.807) is 6.07 Å². The molecule has 0 aliphatic rings. The van der Waals surface area contributed by atoms with E-state index in [0.717, 1.165) is 11.1 Å². The van der Waals surface area contributed by atoms with Crippen LogP contribution in [-0.4, -0.2) is 6.18 Å². The Morgan fingerprint density at radius 2 is 1.50 bits per heavy atom. The van der Waals surface area contributed by atoms with Gasteiger partial charge in [-0.25, -0.2) is 4.39 Å². The number of benzene rings is 2. The first-order chi connectivity index (χ1) is 9.35. The molecule has 2 aromatic rings. The number of hydrogen-bond donors (Lipinski definition) is 0. The van der Waals surface area contributed by atoms with E-state index < -0.39 is 18.4 Å². The van der Waals surface area contributed by atoms with Crippen molar-refractivity contribution in [1.82, 2.24) is 0 Å². The highest BCUT2D eigenvalue weighted by molar-refractivity contribution is 5.64. The number of hydrogen-bond acceptors (Lipinski definition) is 0. The Bertz CT molecular complexity index is 582. The molecule has 0 heterocycles. The number of alkyl halides is 3. The molecule has 4 heteroatoms. The first-order valence-electron chi connectivity index (χ1n) is 6.27. The average Bonchev–Trinajstić information content (AvgIpc) is 2.37. The molecule has 0 unspecified atom stereocenters. The van der Waals surface area contributed by atoms with Crippen LogP contribution < -0.4 is 0 Å². The maximum Gasteiger partial charge on any atom is 0.389 e. The third-order valence-electron chi connectivity index (χ3n) is 3.12. The fourth-order valence-electron chi connectivity index (χ4n) is 1.95. The first kappa shape index (κ1) is 14.6. The normalized spacial score (nSPS) is 11.7. The summed E-state index contributed by atoms with van der Waals surface area (Å²) in [6.07, 6.45) is -5.60. The van der Waals surface area contributed by atoms with Gasteiger partial charge in [0.15, 0.2) is 0 Å². The summed E-state index contributed by atoms with van der Waals surface area (Å²) in [4.78, 5) is 0. The van der Waals surface area contributed by atoms with Crippen molar-refractivity contribution < 1.29 is 17.6 Å². The summed E-state index contributed by atoms with van der Waals surface area (Å²) < 4.78 is 50.2. The average molecular weight is 282 g/mol. The van der Waals surface area contributed by atoms with Gasteiger partial charge in [-0.15, -0.1) is 0 Å². The van der Waals surface area contributed by atoms with Crippen molar-refractivity contribution in [3.63, 3.8) is 0 Å². The molecule has 0 radical (unpaired) electrons. The van der Waals surface area contributed by atoms with Gasteiger partial charge in [-0.3, -0.25) is 0 Å². The van der Waals surface area contributed by atoms with E-state index in [1.807, 2.05) is 31.2 Å². The Morgan fingerprint density at radius 3 is 2.05 bits per heavy atom. The second kappa shape index (κ2) is 5.65. The molecule has 0 aromatic heterocycles. The van der Waals surface area contributed by atoms with Crippen LogP contribution in [0.3, 0.4) is 0 Å². The van der Waals surface area contributed by atoms with Gasteiger partial charge in [-0.05, 0) is 36.1 Å². The molecule has 0 N–H and O–H groups in total. The molecule has 0 spiro atoms. The van der Waals surface area contributed by atoms with Crippen LogP contribution >= 0.6 is 0 Å². The zero-order valence-electron chi connectivity index (χ0n) is 11.0. The van der Waals surface area contributed by atoms with Gasteiger partial charge in [0, 0.05) is 6.42 Å². The fraction of sp³-hybridized carbons (Fsp3) is 0.250. The van der Waals surface area contributed by atoms with Gasteiger partial charge in [-0.2, -0.15) is 13.2 Å². The molecular formula is C16H14F4. The van der Waals surface area contributed by atoms with Crippen molar-refractivity contribution >= 4 is 0 Å². The predicted octanol–water partition coefficient (Wildman–Crippen LogP) is 5.30. The van der Waals surface area contributed by atoms with E-state index in [-0.39, 0.29) is 12.0 Å². The van der Waals surface area contributed by atoms with Gasteiger partial charge in [0.2, 0.25) is 0 Å². The molecule has 0 saturated carbocycles. The van der Waals surface area contributed by atoms with Crippen LogP contribution in [0.5, 0.6) is 0 Å². The second-order valence-corrected chi connectivity index (χ2v) is 4.79. The molecule has 20 heavy (non-hydrogen) atoms. The zero-order chi connectivity index (χ0) is 14.8. The van der Waals surface area contributed by atoms with Crippen molar-refractivity contribution in [2.45, 2.75) is 25.9 Å². The van der Waals surface area contributed by atoms with Crippen LogP contribution in [0.25, 0.3) is 11.1 Å². The van der Waals surface area contributed by atoms with Crippen LogP contribution in [0.15, 0.2) is 42.5 Å². The Kier molecular flexibility index (Phi) is 4.12. The molecule has 106 valence electrons. The third kappa shape index (κ3) is 3.83. The highest BCUT2D eigenvalue weighted by atomic mass is 19.4. The third-order valence-corrected chi connectivity index (χ3v) is 3.12. The van der Waals surface area contributed by atoms with Gasteiger partial charge < -0.3 is 0 Å². The van der Waals surface area contributed by atoms with E-state index in [1.165, 1.54) is 12.1 Å². The fourth-order valence-corrected chi connectivity index (χ4v) is 1.95. The van der Waals surface area contributed by atoms with Crippen molar-refractivity contribution in [2.24, 2.45) is 0 Å². The summed E-state index contributed by atoms with van der Waals surface area (Å²) >= 11 is 0. The Morgan fingerprint density at radius 1 is 0.900 bits per heavy atom. The summed E-state index contributed by atoms with van der Waals surface area (Å²) in [5.74, 6) is -0.590. The Balaban J connectivity index is 2.19. The molecule has 2 aromatic carbocycles. The lowest BCUT2D eigenvalue weighted by molar-refractivity contribution is -0.134. The summed E-state index contributed by atoms with van der Waals surface area (Å²) in [6.45, 7) is 1.95. The molecular weight excluding hydrogens is 268 g/mol. The maximum absolute atomic E-state index is 13.8. The van der Waals surface area contributed by atoms with Crippen LogP contribution in [0.2, 0.25) is 0 Å². The topological polar surface area (TPSA) is 0 Å². The molecule has 0 bridgehead atoms. The van der Waals surface area contributed by atoms with Crippen molar-refractivity contribution in [2.75, 3.05) is 0 Å². The Hall–Kier alpha value is -1.84. The predicted molar refractivity (Wildman–Crippen MR) is 70.9 cm³/mol. The number of halogens is 4. The van der Waals surface area contributed by atoms with Gasteiger partial charge in [0.05, 0.1) is 0 Å². The zero-order valence-corrected chi connectivity index (χ0v) is 11.0. The van der Waals surface area contributed by atoms with Crippen LogP contribution in [-0.2, 0) is 6.42 Å². The smallest absolute Gasteiger partial charge is 0.207 e. The van der Waals surface area contributed by atoms with Crippen molar-refractivity contribution in [3.8, 4) is 11.1 Å². The summed E-state index contributed by atoms with van der Waals surface area (Å²) in [6, 6.07) is 11.9. The van der Waals surface area contributed by atoms with Crippen molar-refractivity contribution in [1.29, 1.82) is 0 Å². The molecule has 0 saturated heterocycles. The van der Waals surface area contributed by atoms with Crippen LogP contribution in [0.4, 0.5) is 17.6 Å². The van der Waals surface area contributed by atoms with Gasteiger partial charge in [0.1, 0.15) is 5.82 Å². The molecule has 0 fully saturated rings. The lowest BCUT2D eigenvalue weighted by atomic mass is 10.0. The van der Waals surface area contributed by atoms with Gasteiger partial charge in [0.25, 0.3) is 0 Å². The van der Waals surface area contributed by atoms with Crippen molar-refractivity contribution in [3.05, 3.63) is 59.4 Å².